The van der Waals surface area contributed by atoms with Crippen LogP contribution in [0.25, 0.3) is 44.5 Å². The lowest BCUT2D eigenvalue weighted by atomic mass is 9.70. The molecule has 0 fully saturated rings. The molecule has 0 N–H and O–H groups in total. The molecule has 2 nitrogen and oxygen atoms in total. The summed E-state index contributed by atoms with van der Waals surface area (Å²) in [6, 6.07) is 68.2. The van der Waals surface area contributed by atoms with Crippen molar-refractivity contribution < 1.29 is 0 Å². The minimum Gasteiger partial charge on any atom is -0.310 e. The summed E-state index contributed by atoms with van der Waals surface area (Å²) in [4.78, 5) is 2.46. The molecule has 2 heteroatoms. The molecule has 0 unspecified atom stereocenters. The number of quaternary nitrogens is 1. The third-order valence-electron chi connectivity index (χ3n) is 12.4. The number of fused-ring (bicyclic) bond motifs is 13. The van der Waals surface area contributed by atoms with Gasteiger partial charge in [0.15, 0.2) is 0 Å². The van der Waals surface area contributed by atoms with Crippen LogP contribution in [0.1, 0.15) is 27.8 Å². The van der Waals surface area contributed by atoms with Gasteiger partial charge >= 0.3 is 0 Å². The number of anilines is 3. The first-order chi connectivity index (χ1) is 26.4. The van der Waals surface area contributed by atoms with Crippen LogP contribution in [-0.2, 0) is 5.41 Å². The highest BCUT2D eigenvalue weighted by atomic mass is 15.3. The predicted molar refractivity (Wildman–Crippen MR) is 226 cm³/mol. The highest BCUT2D eigenvalue weighted by molar-refractivity contribution is 5.98. The van der Waals surface area contributed by atoms with Crippen molar-refractivity contribution in [2.75, 3.05) is 19.0 Å². The lowest BCUT2D eigenvalue weighted by Crippen LogP contribution is -2.32. The normalized spacial score (nSPS) is 14.5. The SMILES string of the molecule is Cc1ccc(-c2ccc(N(c3ccc4c(c3)C3(c5ccccc5-c5ccccc53)c3ccccc3-4)c3ccc4c(c3)[N+](C)(C)c3ccccc3-4)cc2)cc1. The molecule has 1 aliphatic heterocycles. The van der Waals surface area contributed by atoms with Gasteiger partial charge in [-0.1, -0.05) is 133 Å². The van der Waals surface area contributed by atoms with Crippen molar-refractivity contribution in [3.05, 3.63) is 210 Å². The van der Waals surface area contributed by atoms with Crippen LogP contribution in [0.3, 0.4) is 0 Å². The molecule has 0 atom stereocenters. The molecule has 1 heterocycles. The van der Waals surface area contributed by atoms with Gasteiger partial charge in [0.1, 0.15) is 11.4 Å². The van der Waals surface area contributed by atoms with Gasteiger partial charge < -0.3 is 4.90 Å². The van der Waals surface area contributed by atoms with Crippen LogP contribution >= 0.6 is 0 Å². The topological polar surface area (TPSA) is 3.24 Å². The van der Waals surface area contributed by atoms with Gasteiger partial charge in [0, 0.05) is 34.6 Å². The minimum atomic E-state index is -0.408. The Hall–Kier alpha value is -6.48. The van der Waals surface area contributed by atoms with Crippen molar-refractivity contribution in [3.63, 3.8) is 0 Å². The van der Waals surface area contributed by atoms with Crippen molar-refractivity contribution in [1.29, 1.82) is 0 Å². The quantitative estimate of drug-likeness (QED) is 0.166. The summed E-state index contributed by atoms with van der Waals surface area (Å²) in [5, 5.41) is 0. The summed E-state index contributed by atoms with van der Waals surface area (Å²) in [5.74, 6) is 0. The lowest BCUT2D eigenvalue weighted by molar-refractivity contribution is 0.568. The fourth-order valence-corrected chi connectivity index (χ4v) is 9.89. The third-order valence-corrected chi connectivity index (χ3v) is 12.4. The summed E-state index contributed by atoms with van der Waals surface area (Å²) in [5.41, 5.74) is 22.6. The van der Waals surface area contributed by atoms with Gasteiger partial charge in [-0.25, -0.2) is 0 Å². The Labute approximate surface area is 317 Å². The smallest absolute Gasteiger partial charge is 0.147 e. The van der Waals surface area contributed by atoms with Crippen LogP contribution in [0, 0.1) is 6.92 Å². The first-order valence-electron chi connectivity index (χ1n) is 18.9. The van der Waals surface area contributed by atoms with Gasteiger partial charge in [0.2, 0.25) is 0 Å². The number of hydrogen-bond acceptors (Lipinski definition) is 1. The molecule has 0 radical (unpaired) electrons. The Morgan fingerprint density at radius 2 is 0.796 bits per heavy atom. The van der Waals surface area contributed by atoms with Crippen LogP contribution in [0.2, 0.25) is 0 Å². The van der Waals surface area contributed by atoms with Crippen molar-refractivity contribution in [2.45, 2.75) is 12.3 Å². The number of aryl methyl sites for hydroxylation is 1. The maximum Gasteiger partial charge on any atom is 0.147 e. The van der Waals surface area contributed by atoms with Crippen molar-refractivity contribution in [3.8, 4) is 44.5 Å². The number of hydrogen-bond donors (Lipinski definition) is 0. The lowest BCUT2D eigenvalue weighted by Gasteiger charge is -2.32. The van der Waals surface area contributed by atoms with Gasteiger partial charge in [-0.15, -0.1) is 0 Å². The molecule has 0 amide bonds. The van der Waals surface area contributed by atoms with E-state index in [2.05, 4.69) is 208 Å². The molecule has 0 aromatic heterocycles. The maximum absolute atomic E-state index is 2.49. The number of para-hydroxylation sites is 1. The molecular weight excluding hydrogens is 653 g/mol. The van der Waals surface area contributed by atoms with E-state index < -0.39 is 5.41 Å². The summed E-state index contributed by atoms with van der Waals surface area (Å²) in [6.45, 7) is 2.14. The third kappa shape index (κ3) is 4.15. The monoisotopic (exact) mass is 691 g/mol. The summed E-state index contributed by atoms with van der Waals surface area (Å²) >= 11 is 0. The van der Waals surface area contributed by atoms with Crippen molar-refractivity contribution in [2.24, 2.45) is 0 Å². The molecular formula is C52H39N2+. The molecule has 3 aliphatic rings. The highest BCUT2D eigenvalue weighted by Gasteiger charge is 2.51. The molecule has 8 aromatic carbocycles. The Kier molecular flexibility index (Phi) is 6.48. The molecule has 256 valence electrons. The van der Waals surface area contributed by atoms with Crippen molar-refractivity contribution in [1.82, 2.24) is 4.48 Å². The first kappa shape index (κ1) is 31.1. The van der Waals surface area contributed by atoms with Crippen LogP contribution < -0.4 is 9.38 Å². The van der Waals surface area contributed by atoms with E-state index in [9.17, 15) is 0 Å². The molecule has 54 heavy (non-hydrogen) atoms. The van der Waals surface area contributed by atoms with Crippen LogP contribution in [0.5, 0.6) is 0 Å². The zero-order chi connectivity index (χ0) is 36.2. The second-order valence-electron chi connectivity index (χ2n) is 15.5. The predicted octanol–water partition coefficient (Wildman–Crippen LogP) is 13.4. The average Bonchev–Trinajstić information content (AvgIpc) is 3.77. The fourth-order valence-electron chi connectivity index (χ4n) is 9.89. The van der Waals surface area contributed by atoms with E-state index in [4.69, 9.17) is 0 Å². The van der Waals surface area contributed by atoms with Crippen LogP contribution in [0.15, 0.2) is 182 Å². The molecule has 11 rings (SSSR count). The van der Waals surface area contributed by atoms with E-state index in [1.54, 1.807) is 0 Å². The standard InChI is InChI=1S/C52H39N2/c1-34-20-22-35(23-21-34)36-24-26-37(27-25-36)53(39-29-31-45-44-15-7-11-19-50(44)54(2,3)51(45)33-39)38-28-30-43-42-14-6-10-18-48(42)52(49(43)32-38)46-16-8-4-12-40(46)41-13-5-9-17-47(41)52/h4-33H,1-3H3/q+1. The van der Waals surface area contributed by atoms with Gasteiger partial charge in [0.25, 0.3) is 0 Å². The van der Waals surface area contributed by atoms with Crippen molar-refractivity contribution >= 4 is 28.4 Å². The van der Waals surface area contributed by atoms with E-state index >= 15 is 0 Å². The summed E-state index contributed by atoms with van der Waals surface area (Å²) in [7, 11) is 4.61. The Balaban J connectivity index is 1.14. The first-order valence-corrected chi connectivity index (χ1v) is 18.9. The van der Waals surface area contributed by atoms with Gasteiger partial charge in [-0.3, -0.25) is 4.48 Å². The maximum atomic E-state index is 2.49. The zero-order valence-corrected chi connectivity index (χ0v) is 30.7. The highest BCUT2D eigenvalue weighted by Crippen LogP contribution is 2.63. The fraction of sp³-hybridized carbons (Fsp3) is 0.0769. The van der Waals surface area contributed by atoms with Crippen LogP contribution in [0.4, 0.5) is 28.4 Å². The zero-order valence-electron chi connectivity index (χ0n) is 30.7. The molecule has 1 spiro atoms. The van der Waals surface area contributed by atoms with Gasteiger partial charge in [-0.05, 0) is 105 Å². The molecule has 0 bridgehead atoms. The Morgan fingerprint density at radius 3 is 1.39 bits per heavy atom. The van der Waals surface area contributed by atoms with E-state index in [0.717, 1.165) is 17.1 Å². The van der Waals surface area contributed by atoms with Gasteiger partial charge in [0.05, 0.1) is 25.2 Å². The number of benzene rings is 8. The second kappa shape index (κ2) is 11.3. The van der Waals surface area contributed by atoms with E-state index in [0.29, 0.717) is 4.48 Å². The number of rotatable bonds is 4. The van der Waals surface area contributed by atoms with Gasteiger partial charge in [-0.2, -0.15) is 0 Å². The Bertz CT molecular complexity index is 2740. The van der Waals surface area contributed by atoms with Crippen LogP contribution in [-0.4, -0.2) is 14.1 Å². The largest absolute Gasteiger partial charge is 0.310 e. The van der Waals surface area contributed by atoms with E-state index in [-0.39, 0.29) is 0 Å². The van der Waals surface area contributed by atoms with E-state index in [1.165, 1.54) is 83.7 Å². The van der Waals surface area contributed by atoms with E-state index in [1.807, 2.05) is 0 Å². The molecule has 2 aliphatic carbocycles. The minimum absolute atomic E-state index is 0.408. The summed E-state index contributed by atoms with van der Waals surface area (Å²) in [6.07, 6.45) is 0. The molecule has 0 saturated carbocycles. The summed E-state index contributed by atoms with van der Waals surface area (Å²) < 4.78 is 0.704. The Morgan fingerprint density at radius 1 is 0.370 bits per heavy atom. The second-order valence-corrected chi connectivity index (χ2v) is 15.5. The average molecular weight is 692 g/mol. The molecule has 8 aromatic rings. The number of nitrogens with zero attached hydrogens (tertiary/aromatic N) is 2. The molecule has 0 saturated heterocycles.